The van der Waals surface area contributed by atoms with Crippen LogP contribution >= 0.6 is 0 Å². The van der Waals surface area contributed by atoms with Gasteiger partial charge in [0.15, 0.2) is 5.69 Å². The van der Waals surface area contributed by atoms with Gasteiger partial charge in [-0.2, -0.15) is 0 Å². The van der Waals surface area contributed by atoms with Gasteiger partial charge in [-0.25, -0.2) is 9.78 Å². The van der Waals surface area contributed by atoms with E-state index in [-0.39, 0.29) is 17.8 Å². The number of carboxylic acids is 1. The number of carboxylic acid groups (broad SMARTS) is 1. The van der Waals surface area contributed by atoms with Crippen molar-refractivity contribution >= 4 is 11.8 Å². The molecule has 1 N–H and O–H groups in total. The molecule has 0 amide bonds. The summed E-state index contributed by atoms with van der Waals surface area (Å²) in [5.74, 6) is -0.367. The molecule has 2 atom stereocenters. The maximum atomic E-state index is 11.0. The first-order valence-electron chi connectivity index (χ1n) is 6.14. The normalized spacial score (nSPS) is 22.7. The van der Waals surface area contributed by atoms with Crippen molar-refractivity contribution in [1.82, 2.24) is 4.98 Å². The number of pyridine rings is 1. The van der Waals surface area contributed by atoms with Gasteiger partial charge in [0.05, 0.1) is 18.8 Å². The Hall–Kier alpha value is -1.66. The van der Waals surface area contributed by atoms with E-state index in [9.17, 15) is 4.79 Å². The second-order valence-electron chi connectivity index (χ2n) is 4.54. The molecule has 1 aliphatic heterocycles. The molecule has 1 aliphatic rings. The molecule has 104 valence electrons. The lowest BCUT2D eigenvalue weighted by molar-refractivity contribution is 0.0690. The number of nitrogens with zero attached hydrogens (tertiary/aromatic N) is 2. The van der Waals surface area contributed by atoms with Crippen LogP contribution in [0, 0.1) is 0 Å². The zero-order valence-corrected chi connectivity index (χ0v) is 11.1. The van der Waals surface area contributed by atoms with Crippen LogP contribution in [0.4, 0.5) is 5.82 Å². The fourth-order valence-corrected chi connectivity index (χ4v) is 2.38. The van der Waals surface area contributed by atoms with Gasteiger partial charge in [-0.3, -0.25) is 0 Å². The second kappa shape index (κ2) is 5.99. The number of anilines is 1. The summed E-state index contributed by atoms with van der Waals surface area (Å²) in [5.41, 5.74) is 0.0505. The lowest BCUT2D eigenvalue weighted by atomic mass is 10.2. The number of hydrogen-bond donors (Lipinski definition) is 1. The molecule has 6 heteroatoms. The van der Waals surface area contributed by atoms with Gasteiger partial charge in [0.1, 0.15) is 5.82 Å². The van der Waals surface area contributed by atoms with Gasteiger partial charge < -0.3 is 19.5 Å². The molecule has 1 fully saturated rings. The van der Waals surface area contributed by atoms with Gasteiger partial charge >= 0.3 is 5.97 Å². The Kier molecular flexibility index (Phi) is 4.34. The Labute approximate surface area is 112 Å². The number of hydrogen-bond acceptors (Lipinski definition) is 5. The minimum atomic E-state index is -1.02. The molecule has 1 aromatic heterocycles. The van der Waals surface area contributed by atoms with Crippen LogP contribution in [-0.4, -0.2) is 55.6 Å². The summed E-state index contributed by atoms with van der Waals surface area (Å²) in [6.45, 7) is 1.26. The molecule has 6 nitrogen and oxygen atoms in total. The lowest BCUT2D eigenvalue weighted by Crippen LogP contribution is -2.34. The van der Waals surface area contributed by atoms with Crippen molar-refractivity contribution in [3.63, 3.8) is 0 Å². The molecule has 1 aromatic rings. The highest BCUT2D eigenvalue weighted by Gasteiger charge is 2.33. The number of carbonyl (C=O) groups is 1. The predicted molar refractivity (Wildman–Crippen MR) is 69.6 cm³/mol. The summed E-state index contributed by atoms with van der Waals surface area (Å²) in [6, 6.07) is 5.16. The van der Waals surface area contributed by atoms with E-state index in [1.165, 1.54) is 6.07 Å². The van der Waals surface area contributed by atoms with E-state index in [2.05, 4.69) is 4.98 Å². The number of ether oxygens (including phenoxy) is 2. The van der Waals surface area contributed by atoms with E-state index in [1.807, 2.05) is 11.0 Å². The zero-order valence-electron chi connectivity index (χ0n) is 11.1. The van der Waals surface area contributed by atoms with Crippen molar-refractivity contribution in [3.05, 3.63) is 23.9 Å². The summed E-state index contributed by atoms with van der Waals surface area (Å²) in [5, 5.41) is 8.99. The standard InChI is InChI=1S/C13H18N2O4/c1-18-8-9-6-10(19-2)7-15(9)12-5-3-4-11(14-12)13(16)17/h3-5,9-10H,6-8H2,1-2H3,(H,16,17)/t9-,10-/m0/s1. The van der Waals surface area contributed by atoms with Crippen molar-refractivity contribution in [2.24, 2.45) is 0 Å². The third-order valence-corrected chi connectivity index (χ3v) is 3.32. The molecule has 0 bridgehead atoms. The fraction of sp³-hybridized carbons (Fsp3) is 0.538. The number of aromatic nitrogens is 1. The van der Waals surface area contributed by atoms with Crippen LogP contribution in [0.25, 0.3) is 0 Å². The molecule has 0 radical (unpaired) electrons. The molecule has 0 aliphatic carbocycles. The lowest BCUT2D eigenvalue weighted by Gasteiger charge is -2.24. The summed E-state index contributed by atoms with van der Waals surface area (Å²) in [7, 11) is 3.33. The topological polar surface area (TPSA) is 71.9 Å². The highest BCUT2D eigenvalue weighted by molar-refractivity contribution is 5.85. The third kappa shape index (κ3) is 3.02. The van der Waals surface area contributed by atoms with Crippen LogP contribution in [0.15, 0.2) is 18.2 Å². The van der Waals surface area contributed by atoms with Gasteiger partial charge in [-0.1, -0.05) is 6.07 Å². The highest BCUT2D eigenvalue weighted by Crippen LogP contribution is 2.25. The van der Waals surface area contributed by atoms with Crippen LogP contribution in [0.3, 0.4) is 0 Å². The first-order chi connectivity index (χ1) is 9.15. The van der Waals surface area contributed by atoms with Crippen LogP contribution in [0.5, 0.6) is 0 Å². The minimum absolute atomic E-state index is 0.0505. The van der Waals surface area contributed by atoms with Crippen molar-refractivity contribution in [2.45, 2.75) is 18.6 Å². The Morgan fingerprint density at radius 2 is 2.32 bits per heavy atom. The summed E-state index contributed by atoms with van der Waals surface area (Å²) in [4.78, 5) is 17.2. The first-order valence-corrected chi connectivity index (χ1v) is 6.14. The monoisotopic (exact) mass is 266 g/mol. The smallest absolute Gasteiger partial charge is 0.354 e. The zero-order chi connectivity index (χ0) is 13.8. The van der Waals surface area contributed by atoms with E-state index in [0.29, 0.717) is 19.0 Å². The Morgan fingerprint density at radius 1 is 1.53 bits per heavy atom. The van der Waals surface area contributed by atoms with Crippen LogP contribution in [0.1, 0.15) is 16.9 Å². The summed E-state index contributed by atoms with van der Waals surface area (Å²) < 4.78 is 10.6. The Bertz CT molecular complexity index is 452. The Morgan fingerprint density at radius 3 is 2.95 bits per heavy atom. The van der Waals surface area contributed by atoms with E-state index < -0.39 is 5.97 Å². The van der Waals surface area contributed by atoms with Crippen LogP contribution < -0.4 is 4.90 Å². The summed E-state index contributed by atoms with van der Waals surface area (Å²) >= 11 is 0. The number of methoxy groups -OCH3 is 2. The number of rotatable bonds is 5. The van der Waals surface area contributed by atoms with Crippen molar-refractivity contribution in [3.8, 4) is 0 Å². The number of aromatic carboxylic acids is 1. The highest BCUT2D eigenvalue weighted by atomic mass is 16.5. The van der Waals surface area contributed by atoms with E-state index in [4.69, 9.17) is 14.6 Å². The molecule has 2 heterocycles. The van der Waals surface area contributed by atoms with E-state index in [0.717, 1.165) is 6.42 Å². The van der Waals surface area contributed by atoms with Crippen molar-refractivity contribution in [1.29, 1.82) is 0 Å². The predicted octanol–water partition coefficient (Wildman–Crippen LogP) is 1.02. The molecule has 0 spiro atoms. The molecule has 0 unspecified atom stereocenters. The van der Waals surface area contributed by atoms with Gasteiger partial charge in [0.25, 0.3) is 0 Å². The molecule has 19 heavy (non-hydrogen) atoms. The molecular formula is C13H18N2O4. The first kappa shape index (κ1) is 13.8. The second-order valence-corrected chi connectivity index (χ2v) is 4.54. The third-order valence-electron chi connectivity index (χ3n) is 3.32. The quantitative estimate of drug-likeness (QED) is 0.858. The minimum Gasteiger partial charge on any atom is -0.477 e. The van der Waals surface area contributed by atoms with Crippen molar-refractivity contribution < 1.29 is 19.4 Å². The maximum absolute atomic E-state index is 11.0. The van der Waals surface area contributed by atoms with E-state index >= 15 is 0 Å². The van der Waals surface area contributed by atoms with Gasteiger partial charge in [-0.15, -0.1) is 0 Å². The van der Waals surface area contributed by atoms with Gasteiger partial charge in [0.2, 0.25) is 0 Å². The van der Waals surface area contributed by atoms with Crippen LogP contribution in [0.2, 0.25) is 0 Å². The SMILES string of the molecule is COC[C@@H]1C[C@H](OC)CN1c1cccc(C(=O)O)n1. The average Bonchev–Trinajstić information content (AvgIpc) is 2.82. The van der Waals surface area contributed by atoms with E-state index in [1.54, 1.807) is 20.3 Å². The molecule has 0 saturated carbocycles. The Balaban J connectivity index is 2.23. The fourth-order valence-electron chi connectivity index (χ4n) is 2.38. The molecule has 0 aromatic carbocycles. The molecular weight excluding hydrogens is 248 g/mol. The maximum Gasteiger partial charge on any atom is 0.354 e. The molecule has 2 rings (SSSR count). The largest absolute Gasteiger partial charge is 0.477 e. The van der Waals surface area contributed by atoms with Gasteiger partial charge in [0, 0.05) is 20.8 Å². The van der Waals surface area contributed by atoms with Gasteiger partial charge in [-0.05, 0) is 18.6 Å². The van der Waals surface area contributed by atoms with Crippen LogP contribution in [-0.2, 0) is 9.47 Å². The summed E-state index contributed by atoms with van der Waals surface area (Å²) in [6.07, 6.45) is 0.971. The average molecular weight is 266 g/mol. The molecule has 1 saturated heterocycles. The van der Waals surface area contributed by atoms with Crippen molar-refractivity contribution in [2.75, 3.05) is 32.3 Å².